The van der Waals surface area contributed by atoms with Gasteiger partial charge in [0.25, 0.3) is 0 Å². The lowest BCUT2D eigenvalue weighted by molar-refractivity contribution is -0.142. The molecule has 1 saturated carbocycles. The number of hydrogen-bond acceptors (Lipinski definition) is 3. The number of nitrogens with one attached hydrogen (secondary N) is 1. The quantitative estimate of drug-likeness (QED) is 0.862. The van der Waals surface area contributed by atoms with Crippen molar-refractivity contribution in [2.24, 2.45) is 11.8 Å². The van der Waals surface area contributed by atoms with Crippen molar-refractivity contribution in [2.45, 2.75) is 51.1 Å². The fourth-order valence-corrected chi connectivity index (χ4v) is 4.00. The highest BCUT2D eigenvalue weighted by atomic mass is 16.4. The van der Waals surface area contributed by atoms with E-state index in [1.807, 2.05) is 6.07 Å². The minimum Gasteiger partial charge on any atom is -0.481 e. The first-order valence-corrected chi connectivity index (χ1v) is 9.41. The lowest BCUT2D eigenvalue weighted by Gasteiger charge is -2.33. The van der Waals surface area contributed by atoms with Crippen LogP contribution in [0.4, 0.5) is 0 Å². The highest BCUT2D eigenvalue weighted by Gasteiger charge is 2.30. The first-order chi connectivity index (χ1) is 12.1. The molecule has 1 saturated heterocycles. The molecule has 1 heterocycles. The van der Waals surface area contributed by atoms with Crippen molar-refractivity contribution in [1.82, 2.24) is 10.2 Å². The molecule has 136 valence electrons. The Labute approximate surface area is 149 Å². The number of piperidine rings is 1. The number of hydrogen-bond donors (Lipinski definition) is 2. The fourth-order valence-electron chi connectivity index (χ4n) is 4.00. The number of carbonyl (C=O) groups excluding carboxylic acids is 1. The van der Waals surface area contributed by atoms with Crippen molar-refractivity contribution in [1.29, 1.82) is 0 Å². The maximum Gasteiger partial charge on any atom is 0.306 e. The molecule has 2 fully saturated rings. The number of carboxylic acids is 1. The van der Waals surface area contributed by atoms with Crippen LogP contribution in [0.25, 0.3) is 0 Å². The SMILES string of the molecule is O=C(O)C1CCC(NC(=O)C2CCN(Cc3ccccc3)CC2)CC1. The number of carboxylic acid groups (broad SMARTS) is 1. The van der Waals surface area contributed by atoms with E-state index in [1.54, 1.807) is 0 Å². The van der Waals surface area contributed by atoms with Gasteiger partial charge in [0.05, 0.1) is 5.92 Å². The molecule has 0 bridgehead atoms. The predicted octanol–water partition coefficient (Wildman–Crippen LogP) is 2.66. The Kier molecular flexibility index (Phi) is 6.08. The Bertz CT molecular complexity index is 574. The van der Waals surface area contributed by atoms with Crippen molar-refractivity contribution in [3.63, 3.8) is 0 Å². The van der Waals surface area contributed by atoms with Gasteiger partial charge in [-0.05, 0) is 57.2 Å². The molecule has 1 aromatic carbocycles. The van der Waals surface area contributed by atoms with Gasteiger partial charge in [-0.25, -0.2) is 0 Å². The summed E-state index contributed by atoms with van der Waals surface area (Å²) < 4.78 is 0. The topological polar surface area (TPSA) is 69.6 Å². The fraction of sp³-hybridized carbons (Fsp3) is 0.600. The third-order valence-electron chi connectivity index (χ3n) is 5.63. The zero-order valence-corrected chi connectivity index (χ0v) is 14.7. The van der Waals surface area contributed by atoms with Crippen molar-refractivity contribution in [2.75, 3.05) is 13.1 Å². The van der Waals surface area contributed by atoms with Gasteiger partial charge in [0, 0.05) is 18.5 Å². The Morgan fingerprint density at radius 1 is 0.960 bits per heavy atom. The summed E-state index contributed by atoms with van der Waals surface area (Å²) in [5.41, 5.74) is 1.32. The van der Waals surface area contributed by atoms with E-state index in [1.165, 1.54) is 5.56 Å². The maximum atomic E-state index is 12.5. The van der Waals surface area contributed by atoms with Crippen LogP contribution in [0.3, 0.4) is 0 Å². The van der Waals surface area contributed by atoms with Gasteiger partial charge in [-0.2, -0.15) is 0 Å². The third kappa shape index (κ3) is 5.05. The number of carbonyl (C=O) groups is 2. The molecule has 0 unspecified atom stereocenters. The van der Waals surface area contributed by atoms with E-state index < -0.39 is 5.97 Å². The van der Waals surface area contributed by atoms with Crippen LogP contribution < -0.4 is 5.32 Å². The number of rotatable bonds is 5. The average Bonchev–Trinajstić information content (AvgIpc) is 2.63. The molecule has 5 heteroatoms. The molecule has 3 rings (SSSR count). The van der Waals surface area contributed by atoms with Gasteiger partial charge < -0.3 is 10.4 Å². The molecule has 0 radical (unpaired) electrons. The Hall–Kier alpha value is -1.88. The van der Waals surface area contributed by atoms with Crippen LogP contribution in [0, 0.1) is 11.8 Å². The van der Waals surface area contributed by atoms with Crippen LogP contribution in [-0.4, -0.2) is 41.0 Å². The summed E-state index contributed by atoms with van der Waals surface area (Å²) in [5.74, 6) is -0.660. The number of nitrogens with zero attached hydrogens (tertiary/aromatic N) is 1. The summed E-state index contributed by atoms with van der Waals surface area (Å²) in [6, 6.07) is 10.6. The van der Waals surface area contributed by atoms with Gasteiger partial charge in [-0.3, -0.25) is 14.5 Å². The molecule has 25 heavy (non-hydrogen) atoms. The van der Waals surface area contributed by atoms with Gasteiger partial charge in [-0.15, -0.1) is 0 Å². The largest absolute Gasteiger partial charge is 0.481 e. The van der Waals surface area contributed by atoms with E-state index in [0.717, 1.165) is 45.3 Å². The maximum absolute atomic E-state index is 12.5. The summed E-state index contributed by atoms with van der Waals surface area (Å²) >= 11 is 0. The van der Waals surface area contributed by atoms with E-state index in [-0.39, 0.29) is 23.8 Å². The minimum absolute atomic E-state index is 0.101. The normalized spacial score (nSPS) is 25.4. The highest BCUT2D eigenvalue weighted by Crippen LogP contribution is 2.25. The van der Waals surface area contributed by atoms with Gasteiger partial charge >= 0.3 is 5.97 Å². The van der Waals surface area contributed by atoms with Crippen molar-refractivity contribution < 1.29 is 14.7 Å². The van der Waals surface area contributed by atoms with Crippen LogP contribution >= 0.6 is 0 Å². The molecule has 0 atom stereocenters. The van der Waals surface area contributed by atoms with E-state index in [9.17, 15) is 9.59 Å². The molecule has 1 aromatic rings. The summed E-state index contributed by atoms with van der Waals surface area (Å²) in [4.78, 5) is 25.9. The van der Waals surface area contributed by atoms with E-state index in [2.05, 4.69) is 34.5 Å². The lowest BCUT2D eigenvalue weighted by atomic mass is 9.85. The molecule has 5 nitrogen and oxygen atoms in total. The molecular formula is C20H28N2O3. The zero-order valence-electron chi connectivity index (χ0n) is 14.7. The molecule has 2 N–H and O–H groups in total. The predicted molar refractivity (Wildman–Crippen MR) is 96.0 cm³/mol. The standard InChI is InChI=1S/C20H28N2O3/c23-19(21-18-8-6-17(7-9-18)20(24)25)16-10-12-22(13-11-16)14-15-4-2-1-3-5-15/h1-5,16-18H,6-14H2,(H,21,23)(H,24,25). The molecule has 0 spiro atoms. The van der Waals surface area contributed by atoms with Gasteiger partial charge in [-0.1, -0.05) is 30.3 Å². The average molecular weight is 344 g/mol. The lowest BCUT2D eigenvalue weighted by Crippen LogP contribution is -2.45. The second-order valence-corrected chi connectivity index (χ2v) is 7.43. The molecule has 1 aliphatic heterocycles. The monoisotopic (exact) mass is 344 g/mol. The molecule has 1 amide bonds. The Balaban J connectivity index is 1.39. The molecule has 0 aromatic heterocycles. The molecule has 2 aliphatic rings. The second kappa shape index (κ2) is 8.48. The number of benzene rings is 1. The first kappa shape index (κ1) is 17.9. The van der Waals surface area contributed by atoms with Gasteiger partial charge in [0.2, 0.25) is 5.91 Å². The molecule has 1 aliphatic carbocycles. The highest BCUT2D eigenvalue weighted by molar-refractivity contribution is 5.79. The van der Waals surface area contributed by atoms with Crippen LogP contribution in [0.2, 0.25) is 0 Å². The third-order valence-corrected chi connectivity index (χ3v) is 5.63. The number of likely N-dealkylation sites (tertiary alicyclic amines) is 1. The summed E-state index contributed by atoms with van der Waals surface area (Å²) in [6.45, 7) is 2.87. The van der Waals surface area contributed by atoms with Gasteiger partial charge in [0.1, 0.15) is 0 Å². The Morgan fingerprint density at radius 2 is 1.60 bits per heavy atom. The van der Waals surface area contributed by atoms with Crippen LogP contribution in [0.15, 0.2) is 30.3 Å². The van der Waals surface area contributed by atoms with Crippen molar-refractivity contribution >= 4 is 11.9 Å². The molecular weight excluding hydrogens is 316 g/mol. The summed E-state index contributed by atoms with van der Waals surface area (Å²) in [5, 5.41) is 12.2. The van der Waals surface area contributed by atoms with E-state index >= 15 is 0 Å². The Morgan fingerprint density at radius 3 is 2.20 bits per heavy atom. The smallest absolute Gasteiger partial charge is 0.306 e. The van der Waals surface area contributed by atoms with Gasteiger partial charge in [0.15, 0.2) is 0 Å². The van der Waals surface area contributed by atoms with Crippen LogP contribution in [0.5, 0.6) is 0 Å². The van der Waals surface area contributed by atoms with Crippen molar-refractivity contribution in [3.8, 4) is 0 Å². The van der Waals surface area contributed by atoms with Crippen molar-refractivity contribution in [3.05, 3.63) is 35.9 Å². The number of amides is 1. The first-order valence-electron chi connectivity index (χ1n) is 9.41. The second-order valence-electron chi connectivity index (χ2n) is 7.43. The number of aliphatic carboxylic acids is 1. The van der Waals surface area contributed by atoms with E-state index in [0.29, 0.717) is 12.8 Å². The zero-order chi connectivity index (χ0) is 17.6. The summed E-state index contributed by atoms with van der Waals surface area (Å²) in [6.07, 6.45) is 4.74. The minimum atomic E-state index is -0.699. The summed E-state index contributed by atoms with van der Waals surface area (Å²) in [7, 11) is 0. The van der Waals surface area contributed by atoms with Crippen LogP contribution in [-0.2, 0) is 16.1 Å². The van der Waals surface area contributed by atoms with E-state index in [4.69, 9.17) is 5.11 Å². The van der Waals surface area contributed by atoms with Crippen LogP contribution in [0.1, 0.15) is 44.1 Å².